The van der Waals surface area contributed by atoms with E-state index in [1.807, 2.05) is 35.2 Å². The summed E-state index contributed by atoms with van der Waals surface area (Å²) in [6, 6.07) is 9.54. The van der Waals surface area contributed by atoms with Gasteiger partial charge in [0.05, 0.1) is 25.3 Å². The number of hydrogen-bond donors (Lipinski definition) is 2. The lowest BCUT2D eigenvalue weighted by Gasteiger charge is -2.34. The van der Waals surface area contributed by atoms with E-state index in [1.165, 1.54) is 0 Å². The Hall–Kier alpha value is -2.22. The van der Waals surface area contributed by atoms with Crippen LogP contribution in [0.3, 0.4) is 0 Å². The highest BCUT2D eigenvalue weighted by molar-refractivity contribution is 6.24. The number of aliphatic hydroxyl groups excluding tert-OH is 1. The monoisotopic (exact) mass is 372 g/mol. The smallest absolute Gasteiger partial charge is 0.187 e. The molecule has 0 bridgehead atoms. The number of para-hydroxylation sites is 1. The summed E-state index contributed by atoms with van der Waals surface area (Å²) in [5, 5.41) is 12.1. The molecule has 3 rings (SSSR count). The Kier molecular flexibility index (Phi) is 6.98. The highest BCUT2D eigenvalue weighted by Gasteiger charge is 2.28. The highest BCUT2D eigenvalue weighted by Crippen LogP contribution is 2.18. The molecule has 146 valence electrons. The Morgan fingerprint density at radius 3 is 2.11 bits per heavy atom. The molecule has 7 heteroatoms. The van der Waals surface area contributed by atoms with Crippen LogP contribution in [0.4, 0.5) is 5.69 Å². The first-order valence-electron chi connectivity index (χ1n) is 9.53. The Labute approximate surface area is 160 Å². The second-order valence-electron chi connectivity index (χ2n) is 6.96. The van der Waals surface area contributed by atoms with Crippen molar-refractivity contribution in [3.05, 3.63) is 42.1 Å². The van der Waals surface area contributed by atoms with Gasteiger partial charge in [-0.2, -0.15) is 0 Å². The number of carbonyl (C=O) groups excluding carboxylic acids is 2. The number of nitrogens with zero attached hydrogens (tertiary/aromatic N) is 3. The molecule has 0 amide bonds. The van der Waals surface area contributed by atoms with Crippen molar-refractivity contribution in [3.63, 3.8) is 0 Å². The van der Waals surface area contributed by atoms with E-state index in [9.17, 15) is 9.59 Å². The van der Waals surface area contributed by atoms with Crippen molar-refractivity contribution in [2.45, 2.75) is 0 Å². The lowest BCUT2D eigenvalue weighted by atomic mass is 10.0. The predicted molar refractivity (Wildman–Crippen MR) is 105 cm³/mol. The number of aliphatic hydroxyl groups is 1. The van der Waals surface area contributed by atoms with Gasteiger partial charge in [-0.25, -0.2) is 0 Å². The number of piperazine rings is 1. The van der Waals surface area contributed by atoms with E-state index >= 15 is 0 Å². The minimum Gasteiger partial charge on any atom is -0.395 e. The van der Waals surface area contributed by atoms with Gasteiger partial charge < -0.3 is 15.3 Å². The van der Waals surface area contributed by atoms with Gasteiger partial charge in [0.2, 0.25) is 0 Å². The standard InChI is InChI=1S/C20H28N4O3/c25-13-12-23-10-8-22(9-11-23)7-6-21-14-18-19(26)15-24(16-20(18)27)17-4-2-1-3-5-17/h1-5,14,21,25H,6-13,15-16H2. The number of nitrogens with one attached hydrogen (secondary N) is 1. The number of Topliss-reactive ketones (excluding diaryl/α,β-unsaturated/α-hetero) is 2. The van der Waals surface area contributed by atoms with Crippen LogP contribution in [0.15, 0.2) is 42.1 Å². The number of carbonyl (C=O) groups is 2. The zero-order valence-electron chi connectivity index (χ0n) is 15.6. The van der Waals surface area contributed by atoms with Gasteiger partial charge in [0.1, 0.15) is 0 Å². The molecule has 2 aliphatic rings. The van der Waals surface area contributed by atoms with Gasteiger partial charge in [0.25, 0.3) is 0 Å². The first-order valence-corrected chi connectivity index (χ1v) is 9.53. The number of ketones is 2. The maximum Gasteiger partial charge on any atom is 0.187 e. The van der Waals surface area contributed by atoms with Crippen molar-refractivity contribution >= 4 is 17.3 Å². The summed E-state index contributed by atoms with van der Waals surface area (Å²) in [6.07, 6.45) is 1.59. The van der Waals surface area contributed by atoms with Crippen molar-refractivity contribution < 1.29 is 14.7 Å². The van der Waals surface area contributed by atoms with Gasteiger partial charge in [0, 0.05) is 57.7 Å². The van der Waals surface area contributed by atoms with E-state index in [0.29, 0.717) is 6.54 Å². The van der Waals surface area contributed by atoms with Crippen molar-refractivity contribution in [1.29, 1.82) is 0 Å². The molecule has 2 aliphatic heterocycles. The van der Waals surface area contributed by atoms with Crippen molar-refractivity contribution in [2.75, 3.05) is 70.4 Å². The zero-order valence-corrected chi connectivity index (χ0v) is 15.6. The number of β-amino-alcohol motifs (C(OH)–C–C–N with tert-alkyl or cyclic N) is 1. The summed E-state index contributed by atoms with van der Waals surface area (Å²) in [5.74, 6) is -0.277. The lowest BCUT2D eigenvalue weighted by Crippen LogP contribution is -2.48. The maximum atomic E-state index is 12.4. The molecule has 0 aliphatic carbocycles. The Morgan fingerprint density at radius 1 is 0.926 bits per heavy atom. The summed E-state index contributed by atoms with van der Waals surface area (Å²) in [7, 11) is 0. The third kappa shape index (κ3) is 5.38. The molecule has 7 nitrogen and oxygen atoms in total. The van der Waals surface area contributed by atoms with Crippen LogP contribution in [-0.4, -0.2) is 92.0 Å². The molecule has 0 unspecified atom stereocenters. The van der Waals surface area contributed by atoms with E-state index in [2.05, 4.69) is 15.1 Å². The third-order valence-corrected chi connectivity index (χ3v) is 5.09. The predicted octanol–water partition coefficient (Wildman–Crippen LogP) is -0.272. The molecule has 0 saturated carbocycles. The number of piperidine rings is 1. The van der Waals surface area contributed by atoms with Gasteiger partial charge in [0.15, 0.2) is 11.6 Å². The largest absolute Gasteiger partial charge is 0.395 e. The second-order valence-corrected chi connectivity index (χ2v) is 6.96. The summed E-state index contributed by atoms with van der Waals surface area (Å²) >= 11 is 0. The van der Waals surface area contributed by atoms with Crippen LogP contribution < -0.4 is 10.2 Å². The number of anilines is 1. The third-order valence-electron chi connectivity index (χ3n) is 5.09. The van der Waals surface area contributed by atoms with Crippen LogP contribution in [0.25, 0.3) is 0 Å². The molecule has 0 spiro atoms. The molecule has 0 aromatic heterocycles. The SMILES string of the molecule is O=C1CN(c2ccccc2)CC(=O)C1=CNCCN1CCN(CCO)CC1. The number of hydrogen-bond acceptors (Lipinski definition) is 7. The van der Waals surface area contributed by atoms with Crippen LogP contribution in [0.1, 0.15) is 0 Å². The Bertz CT molecular complexity index is 649. The van der Waals surface area contributed by atoms with Crippen LogP contribution in [0.5, 0.6) is 0 Å². The van der Waals surface area contributed by atoms with Crippen molar-refractivity contribution in [2.24, 2.45) is 0 Å². The average Bonchev–Trinajstić information content (AvgIpc) is 2.69. The molecule has 27 heavy (non-hydrogen) atoms. The van der Waals surface area contributed by atoms with E-state index in [-0.39, 0.29) is 36.8 Å². The van der Waals surface area contributed by atoms with Crippen LogP contribution in [0, 0.1) is 0 Å². The van der Waals surface area contributed by atoms with Crippen LogP contribution in [0.2, 0.25) is 0 Å². The first-order chi connectivity index (χ1) is 13.2. The summed E-state index contributed by atoms with van der Waals surface area (Å²) < 4.78 is 0. The quantitative estimate of drug-likeness (QED) is 0.388. The van der Waals surface area contributed by atoms with Gasteiger partial charge in [-0.05, 0) is 12.1 Å². The molecule has 2 heterocycles. The van der Waals surface area contributed by atoms with E-state index in [4.69, 9.17) is 5.11 Å². The summed E-state index contributed by atoms with van der Waals surface area (Å²) in [4.78, 5) is 31.2. The number of benzene rings is 1. The molecule has 2 fully saturated rings. The van der Waals surface area contributed by atoms with Gasteiger partial charge >= 0.3 is 0 Å². The lowest BCUT2D eigenvalue weighted by molar-refractivity contribution is -0.121. The van der Waals surface area contributed by atoms with E-state index < -0.39 is 0 Å². The normalized spacial score (nSPS) is 19.4. The molecule has 2 saturated heterocycles. The Morgan fingerprint density at radius 2 is 1.52 bits per heavy atom. The fourth-order valence-electron chi connectivity index (χ4n) is 3.49. The molecule has 0 radical (unpaired) electrons. The van der Waals surface area contributed by atoms with Gasteiger partial charge in [-0.15, -0.1) is 0 Å². The van der Waals surface area contributed by atoms with Crippen molar-refractivity contribution in [1.82, 2.24) is 15.1 Å². The fourth-order valence-corrected chi connectivity index (χ4v) is 3.49. The minimum atomic E-state index is -0.139. The first kappa shape index (κ1) is 19.5. The van der Waals surface area contributed by atoms with Crippen molar-refractivity contribution in [3.8, 4) is 0 Å². The van der Waals surface area contributed by atoms with Crippen LogP contribution >= 0.6 is 0 Å². The molecular weight excluding hydrogens is 344 g/mol. The fraction of sp³-hybridized carbons (Fsp3) is 0.500. The van der Waals surface area contributed by atoms with E-state index in [0.717, 1.165) is 45.0 Å². The molecule has 1 aromatic rings. The molecular formula is C20H28N4O3. The number of rotatable bonds is 7. The van der Waals surface area contributed by atoms with Crippen LogP contribution in [-0.2, 0) is 9.59 Å². The minimum absolute atomic E-state index is 0.139. The molecule has 0 atom stereocenters. The summed E-state index contributed by atoms with van der Waals surface area (Å²) in [6.45, 7) is 6.86. The average molecular weight is 372 g/mol. The maximum absolute atomic E-state index is 12.4. The molecule has 1 aromatic carbocycles. The zero-order chi connectivity index (χ0) is 19.1. The molecule has 2 N–H and O–H groups in total. The highest BCUT2D eigenvalue weighted by atomic mass is 16.3. The Balaban J connectivity index is 1.43. The van der Waals surface area contributed by atoms with E-state index in [1.54, 1.807) is 6.20 Å². The second kappa shape index (κ2) is 9.64. The topological polar surface area (TPSA) is 76.1 Å². The van der Waals surface area contributed by atoms with Gasteiger partial charge in [-0.1, -0.05) is 18.2 Å². The summed E-state index contributed by atoms with van der Waals surface area (Å²) in [5.41, 5.74) is 1.17. The van der Waals surface area contributed by atoms with Gasteiger partial charge in [-0.3, -0.25) is 19.4 Å².